The third-order valence-corrected chi connectivity index (χ3v) is 5.44. The van der Waals surface area contributed by atoms with E-state index in [1.807, 2.05) is 44.0 Å². The Balaban J connectivity index is 1.47. The molecule has 0 saturated carbocycles. The molecule has 0 N–H and O–H groups in total. The van der Waals surface area contributed by atoms with E-state index in [1.54, 1.807) is 6.20 Å². The van der Waals surface area contributed by atoms with Crippen LogP contribution in [0.3, 0.4) is 0 Å². The molecule has 1 atom stereocenters. The van der Waals surface area contributed by atoms with Crippen LogP contribution in [0.4, 0.5) is 5.82 Å². The SMILES string of the molecule is Cc1nccc(N2CCN(C(=O)C(C)c3cn(C)c4ccccc34)CC2)n1. The van der Waals surface area contributed by atoms with Crippen molar-refractivity contribution in [2.75, 3.05) is 31.1 Å². The highest BCUT2D eigenvalue weighted by Crippen LogP contribution is 2.29. The average Bonchev–Trinajstić information content (AvgIpc) is 3.04. The summed E-state index contributed by atoms with van der Waals surface area (Å²) in [6.45, 7) is 6.95. The first-order chi connectivity index (χ1) is 13.0. The molecule has 1 amide bonds. The highest BCUT2D eigenvalue weighted by Gasteiger charge is 2.28. The lowest BCUT2D eigenvalue weighted by molar-refractivity contribution is -0.132. The third kappa shape index (κ3) is 3.27. The van der Waals surface area contributed by atoms with Gasteiger partial charge in [0.15, 0.2) is 0 Å². The van der Waals surface area contributed by atoms with Crippen molar-refractivity contribution in [2.24, 2.45) is 7.05 Å². The van der Waals surface area contributed by atoms with Crippen LogP contribution in [0.15, 0.2) is 42.7 Å². The molecule has 1 unspecified atom stereocenters. The zero-order valence-electron chi connectivity index (χ0n) is 16.1. The van der Waals surface area contributed by atoms with E-state index in [2.05, 4.69) is 37.8 Å². The van der Waals surface area contributed by atoms with Gasteiger partial charge in [0.2, 0.25) is 5.91 Å². The van der Waals surface area contributed by atoms with E-state index in [9.17, 15) is 4.79 Å². The van der Waals surface area contributed by atoms with E-state index >= 15 is 0 Å². The van der Waals surface area contributed by atoms with E-state index in [0.29, 0.717) is 0 Å². The van der Waals surface area contributed by atoms with E-state index in [4.69, 9.17) is 0 Å². The molecule has 6 heteroatoms. The van der Waals surface area contributed by atoms with Gasteiger partial charge in [-0.15, -0.1) is 0 Å². The predicted octanol–water partition coefficient (Wildman–Crippen LogP) is 2.73. The summed E-state index contributed by atoms with van der Waals surface area (Å²) in [6.07, 6.45) is 3.88. The van der Waals surface area contributed by atoms with Crippen molar-refractivity contribution in [3.05, 3.63) is 54.1 Å². The number of aromatic nitrogens is 3. The Bertz CT molecular complexity index is 972. The van der Waals surface area contributed by atoms with Gasteiger partial charge in [-0.25, -0.2) is 9.97 Å². The molecular weight excluding hydrogens is 338 g/mol. The Morgan fingerprint density at radius 1 is 1.11 bits per heavy atom. The molecule has 6 nitrogen and oxygen atoms in total. The number of piperazine rings is 1. The van der Waals surface area contributed by atoms with E-state index in [0.717, 1.165) is 54.3 Å². The maximum atomic E-state index is 13.1. The summed E-state index contributed by atoms with van der Waals surface area (Å²) >= 11 is 0. The molecule has 1 aliphatic heterocycles. The van der Waals surface area contributed by atoms with Gasteiger partial charge >= 0.3 is 0 Å². The van der Waals surface area contributed by atoms with Crippen LogP contribution in [0.5, 0.6) is 0 Å². The number of benzene rings is 1. The number of carbonyl (C=O) groups excluding carboxylic acids is 1. The Kier molecular flexibility index (Phi) is 4.56. The normalized spacial score (nSPS) is 16.0. The van der Waals surface area contributed by atoms with E-state index in [-0.39, 0.29) is 11.8 Å². The van der Waals surface area contributed by atoms with Crippen molar-refractivity contribution in [1.29, 1.82) is 0 Å². The zero-order chi connectivity index (χ0) is 19.0. The van der Waals surface area contributed by atoms with Crippen LogP contribution >= 0.6 is 0 Å². The second-order valence-electron chi connectivity index (χ2n) is 7.21. The Morgan fingerprint density at radius 2 is 1.85 bits per heavy atom. The Hall–Kier alpha value is -2.89. The van der Waals surface area contributed by atoms with Crippen molar-refractivity contribution in [2.45, 2.75) is 19.8 Å². The monoisotopic (exact) mass is 363 g/mol. The second-order valence-corrected chi connectivity index (χ2v) is 7.21. The van der Waals surface area contributed by atoms with Gasteiger partial charge in [-0.1, -0.05) is 18.2 Å². The van der Waals surface area contributed by atoms with Crippen LogP contribution < -0.4 is 4.90 Å². The number of hydrogen-bond acceptors (Lipinski definition) is 4. The van der Waals surface area contributed by atoms with Crippen LogP contribution in [0, 0.1) is 6.92 Å². The van der Waals surface area contributed by atoms with Crippen molar-refractivity contribution in [3.8, 4) is 0 Å². The van der Waals surface area contributed by atoms with Crippen LogP contribution in [0.2, 0.25) is 0 Å². The standard InChI is InChI=1S/C21H25N5O/c1-15(18-14-24(3)19-7-5-4-6-17(18)19)21(27)26-12-10-25(11-13-26)20-8-9-22-16(2)23-20/h4-9,14-15H,10-13H2,1-3H3. The number of nitrogens with zero attached hydrogens (tertiary/aromatic N) is 5. The fourth-order valence-corrected chi connectivity index (χ4v) is 3.90. The molecule has 140 valence electrons. The minimum absolute atomic E-state index is 0.149. The number of amides is 1. The molecule has 1 fully saturated rings. The quantitative estimate of drug-likeness (QED) is 0.718. The minimum Gasteiger partial charge on any atom is -0.353 e. The number of para-hydroxylation sites is 1. The summed E-state index contributed by atoms with van der Waals surface area (Å²) in [5.74, 6) is 1.76. The number of aryl methyl sites for hydroxylation is 2. The van der Waals surface area contributed by atoms with Crippen molar-refractivity contribution in [1.82, 2.24) is 19.4 Å². The summed E-state index contributed by atoms with van der Waals surface area (Å²) < 4.78 is 2.10. The summed E-state index contributed by atoms with van der Waals surface area (Å²) in [5, 5.41) is 1.16. The predicted molar refractivity (Wildman–Crippen MR) is 107 cm³/mol. The molecule has 0 aliphatic carbocycles. The molecule has 0 bridgehead atoms. The molecule has 1 aliphatic rings. The van der Waals surface area contributed by atoms with Crippen LogP contribution in [0.1, 0.15) is 24.2 Å². The minimum atomic E-state index is -0.149. The second kappa shape index (κ2) is 7.02. The summed E-state index contributed by atoms with van der Waals surface area (Å²) in [5.41, 5.74) is 2.27. The summed E-state index contributed by atoms with van der Waals surface area (Å²) in [6, 6.07) is 10.2. The fraction of sp³-hybridized carbons (Fsp3) is 0.381. The van der Waals surface area contributed by atoms with Crippen LogP contribution in [0.25, 0.3) is 10.9 Å². The van der Waals surface area contributed by atoms with E-state index < -0.39 is 0 Å². The van der Waals surface area contributed by atoms with Gasteiger partial charge in [0, 0.05) is 56.5 Å². The third-order valence-electron chi connectivity index (χ3n) is 5.44. The first-order valence-corrected chi connectivity index (χ1v) is 9.42. The Morgan fingerprint density at radius 3 is 2.59 bits per heavy atom. The number of fused-ring (bicyclic) bond motifs is 1. The van der Waals surface area contributed by atoms with Gasteiger partial charge < -0.3 is 14.4 Å². The topological polar surface area (TPSA) is 54.3 Å². The maximum absolute atomic E-state index is 13.1. The molecule has 27 heavy (non-hydrogen) atoms. The molecule has 1 saturated heterocycles. The lowest BCUT2D eigenvalue weighted by Gasteiger charge is -2.36. The van der Waals surface area contributed by atoms with Gasteiger partial charge in [0.05, 0.1) is 5.92 Å². The molecule has 1 aromatic carbocycles. The van der Waals surface area contributed by atoms with Crippen molar-refractivity contribution in [3.63, 3.8) is 0 Å². The Labute approximate surface area is 159 Å². The van der Waals surface area contributed by atoms with Gasteiger partial charge in [0.1, 0.15) is 11.6 Å². The number of rotatable bonds is 3. The summed E-state index contributed by atoms with van der Waals surface area (Å²) in [7, 11) is 2.03. The molecular formula is C21H25N5O. The zero-order valence-corrected chi connectivity index (χ0v) is 16.1. The molecule has 2 aromatic heterocycles. The van der Waals surface area contributed by atoms with Gasteiger partial charge in [-0.3, -0.25) is 4.79 Å². The average molecular weight is 363 g/mol. The van der Waals surface area contributed by atoms with Gasteiger partial charge in [-0.2, -0.15) is 0 Å². The number of carbonyl (C=O) groups is 1. The fourth-order valence-electron chi connectivity index (χ4n) is 3.90. The number of anilines is 1. The van der Waals surface area contributed by atoms with Crippen molar-refractivity contribution >= 4 is 22.6 Å². The lowest BCUT2D eigenvalue weighted by Crippen LogP contribution is -2.50. The van der Waals surface area contributed by atoms with Gasteiger partial charge in [0.25, 0.3) is 0 Å². The molecule has 0 spiro atoms. The van der Waals surface area contributed by atoms with Crippen LogP contribution in [-0.2, 0) is 11.8 Å². The highest BCUT2D eigenvalue weighted by atomic mass is 16.2. The number of hydrogen-bond donors (Lipinski definition) is 0. The highest BCUT2D eigenvalue weighted by molar-refractivity contribution is 5.92. The van der Waals surface area contributed by atoms with Crippen molar-refractivity contribution < 1.29 is 4.79 Å². The maximum Gasteiger partial charge on any atom is 0.230 e. The lowest BCUT2D eigenvalue weighted by atomic mass is 9.98. The smallest absolute Gasteiger partial charge is 0.230 e. The first kappa shape index (κ1) is 17.5. The molecule has 4 rings (SSSR count). The summed E-state index contributed by atoms with van der Waals surface area (Å²) in [4.78, 5) is 26.0. The molecule has 3 aromatic rings. The first-order valence-electron chi connectivity index (χ1n) is 9.42. The van der Waals surface area contributed by atoms with E-state index in [1.165, 1.54) is 0 Å². The molecule has 3 heterocycles. The largest absolute Gasteiger partial charge is 0.353 e. The van der Waals surface area contributed by atoms with Crippen LogP contribution in [-0.4, -0.2) is 51.5 Å². The van der Waals surface area contributed by atoms with Gasteiger partial charge in [-0.05, 0) is 31.5 Å². The molecule has 0 radical (unpaired) electrons.